The molecular weight excluding hydrogens is 220 g/mol. The Morgan fingerprint density at radius 1 is 1.50 bits per heavy atom. The quantitative estimate of drug-likeness (QED) is 0.359. The van der Waals surface area contributed by atoms with E-state index in [1.165, 1.54) is 0 Å². The number of anilines is 1. The molecule has 12 heavy (non-hydrogen) atoms. The molecule has 0 fully saturated rings. The fourth-order valence-corrected chi connectivity index (χ4v) is 1.27. The normalized spacial score (nSPS) is 9.50. The average molecular weight is 229 g/mol. The molecule has 0 aliphatic carbocycles. The minimum Gasteiger partial charge on any atom is -0.324 e. The van der Waals surface area contributed by atoms with Crippen molar-refractivity contribution in [3.8, 4) is 0 Å². The van der Waals surface area contributed by atoms with Crippen LogP contribution in [0.15, 0.2) is 18.2 Å². The minimum atomic E-state index is 0.625. The number of hydrogen-bond donors (Lipinski definition) is 2. The van der Waals surface area contributed by atoms with Crippen molar-refractivity contribution in [3.63, 3.8) is 0 Å². The zero-order valence-corrected chi connectivity index (χ0v) is 7.97. The van der Waals surface area contributed by atoms with Crippen LogP contribution in [-0.2, 0) is 5.33 Å². The molecular formula is C8H9BrN2O. The predicted octanol–water partition coefficient (Wildman–Crippen LogP) is 1.68. The van der Waals surface area contributed by atoms with Gasteiger partial charge in [-0.15, -0.1) is 0 Å². The molecule has 3 N–H and O–H groups in total. The highest BCUT2D eigenvalue weighted by Crippen LogP contribution is 2.14. The largest absolute Gasteiger partial charge is 0.324 e. The molecule has 0 amide bonds. The summed E-state index contributed by atoms with van der Waals surface area (Å²) in [6, 6.07) is 5.38. The van der Waals surface area contributed by atoms with E-state index in [-0.39, 0.29) is 0 Å². The number of nitrogen functional groups attached to an aromatic ring is 1. The van der Waals surface area contributed by atoms with Gasteiger partial charge in [-0.05, 0) is 23.8 Å². The van der Waals surface area contributed by atoms with E-state index in [0.717, 1.165) is 17.5 Å². The summed E-state index contributed by atoms with van der Waals surface area (Å²) in [7, 11) is 0. The molecule has 0 saturated carbocycles. The number of nitrogens with two attached hydrogens (primary N) is 1. The monoisotopic (exact) mass is 228 g/mol. The molecule has 0 heterocycles. The van der Waals surface area contributed by atoms with Crippen LogP contribution in [0.5, 0.6) is 0 Å². The minimum absolute atomic E-state index is 0.625. The number of rotatable bonds is 3. The first-order valence-electron chi connectivity index (χ1n) is 3.42. The van der Waals surface area contributed by atoms with E-state index in [4.69, 9.17) is 5.84 Å². The Hall–Kier alpha value is -0.870. The molecule has 1 aromatic carbocycles. The number of aldehydes is 1. The van der Waals surface area contributed by atoms with Crippen LogP contribution >= 0.6 is 15.9 Å². The molecule has 0 aliphatic heterocycles. The van der Waals surface area contributed by atoms with Crippen molar-refractivity contribution in [2.24, 2.45) is 5.84 Å². The van der Waals surface area contributed by atoms with Crippen LogP contribution in [0.1, 0.15) is 15.9 Å². The molecule has 0 radical (unpaired) electrons. The highest BCUT2D eigenvalue weighted by atomic mass is 79.9. The summed E-state index contributed by atoms with van der Waals surface area (Å²) in [5, 5.41) is 0.712. The van der Waals surface area contributed by atoms with Crippen molar-refractivity contribution in [1.82, 2.24) is 0 Å². The van der Waals surface area contributed by atoms with Gasteiger partial charge in [0.05, 0.1) is 0 Å². The summed E-state index contributed by atoms with van der Waals surface area (Å²) in [5.74, 6) is 5.22. The van der Waals surface area contributed by atoms with Crippen molar-refractivity contribution in [3.05, 3.63) is 29.3 Å². The third kappa shape index (κ3) is 2.06. The van der Waals surface area contributed by atoms with Crippen LogP contribution in [0.3, 0.4) is 0 Å². The zero-order chi connectivity index (χ0) is 8.97. The number of carbonyl (C=O) groups is 1. The maximum Gasteiger partial charge on any atom is 0.150 e. The smallest absolute Gasteiger partial charge is 0.150 e. The Bertz CT molecular complexity index is 266. The summed E-state index contributed by atoms with van der Waals surface area (Å²) >= 11 is 3.30. The Morgan fingerprint density at radius 3 is 2.75 bits per heavy atom. The van der Waals surface area contributed by atoms with Gasteiger partial charge in [-0.1, -0.05) is 15.9 Å². The van der Waals surface area contributed by atoms with Crippen molar-refractivity contribution >= 4 is 27.9 Å². The van der Waals surface area contributed by atoms with Gasteiger partial charge in [0.1, 0.15) is 6.29 Å². The summed E-state index contributed by atoms with van der Waals surface area (Å²) in [6.07, 6.45) is 0.799. The average Bonchev–Trinajstić information content (AvgIpc) is 2.16. The maximum atomic E-state index is 10.5. The summed E-state index contributed by atoms with van der Waals surface area (Å²) in [4.78, 5) is 10.5. The molecule has 3 nitrogen and oxygen atoms in total. The fourth-order valence-electron chi connectivity index (χ4n) is 0.947. The maximum absolute atomic E-state index is 10.5. The second-order valence-corrected chi connectivity index (χ2v) is 2.92. The topological polar surface area (TPSA) is 55.1 Å². The number of halogens is 1. The van der Waals surface area contributed by atoms with Crippen LogP contribution in [0.4, 0.5) is 5.69 Å². The molecule has 0 unspecified atom stereocenters. The van der Waals surface area contributed by atoms with Crippen LogP contribution < -0.4 is 11.3 Å². The van der Waals surface area contributed by atoms with E-state index in [0.29, 0.717) is 10.9 Å². The number of benzene rings is 1. The molecule has 64 valence electrons. The van der Waals surface area contributed by atoms with E-state index in [1.54, 1.807) is 6.07 Å². The van der Waals surface area contributed by atoms with Gasteiger partial charge in [0.25, 0.3) is 0 Å². The van der Waals surface area contributed by atoms with Gasteiger partial charge in [0.15, 0.2) is 0 Å². The summed E-state index contributed by atoms with van der Waals surface area (Å²) in [6.45, 7) is 0. The van der Waals surface area contributed by atoms with Crippen LogP contribution in [0.2, 0.25) is 0 Å². The van der Waals surface area contributed by atoms with Crippen molar-refractivity contribution < 1.29 is 4.79 Å². The number of alkyl halides is 1. The van der Waals surface area contributed by atoms with Crippen LogP contribution in [-0.4, -0.2) is 6.29 Å². The standard InChI is InChI=1S/C8H9BrN2O/c9-4-6-1-7(5-12)3-8(2-6)11-10/h1-3,5,11H,4,10H2. The van der Waals surface area contributed by atoms with E-state index < -0.39 is 0 Å². The van der Waals surface area contributed by atoms with E-state index >= 15 is 0 Å². The van der Waals surface area contributed by atoms with Gasteiger partial charge in [0, 0.05) is 16.6 Å². The first-order chi connectivity index (χ1) is 5.80. The molecule has 0 spiro atoms. The lowest BCUT2D eigenvalue weighted by Gasteiger charge is -2.03. The summed E-state index contributed by atoms with van der Waals surface area (Å²) in [5.41, 5.74) is 4.89. The third-order valence-electron chi connectivity index (χ3n) is 1.47. The second-order valence-electron chi connectivity index (χ2n) is 2.36. The van der Waals surface area contributed by atoms with Gasteiger partial charge >= 0.3 is 0 Å². The van der Waals surface area contributed by atoms with Gasteiger partial charge in [-0.2, -0.15) is 0 Å². The lowest BCUT2D eigenvalue weighted by Crippen LogP contribution is -2.07. The van der Waals surface area contributed by atoms with Crippen molar-refractivity contribution in [2.45, 2.75) is 5.33 Å². The first kappa shape index (κ1) is 9.22. The Labute approximate surface area is 79.1 Å². The van der Waals surface area contributed by atoms with E-state index in [2.05, 4.69) is 21.4 Å². The Kier molecular flexibility index (Phi) is 3.25. The number of hydrogen-bond acceptors (Lipinski definition) is 3. The van der Waals surface area contributed by atoms with E-state index in [9.17, 15) is 4.79 Å². The Balaban J connectivity index is 3.09. The molecule has 0 saturated heterocycles. The lowest BCUT2D eigenvalue weighted by atomic mass is 10.1. The Morgan fingerprint density at radius 2 is 2.25 bits per heavy atom. The zero-order valence-electron chi connectivity index (χ0n) is 6.38. The fraction of sp³-hybridized carbons (Fsp3) is 0.125. The molecule has 0 aromatic heterocycles. The number of carbonyl (C=O) groups excluding carboxylic acids is 1. The lowest BCUT2D eigenvalue weighted by molar-refractivity contribution is 0.112. The van der Waals surface area contributed by atoms with E-state index in [1.807, 2.05) is 12.1 Å². The predicted molar refractivity (Wildman–Crippen MR) is 52.3 cm³/mol. The second kappa shape index (κ2) is 4.23. The first-order valence-corrected chi connectivity index (χ1v) is 4.54. The van der Waals surface area contributed by atoms with Gasteiger partial charge < -0.3 is 5.43 Å². The van der Waals surface area contributed by atoms with Gasteiger partial charge in [-0.25, -0.2) is 0 Å². The molecule has 1 rings (SSSR count). The molecule has 0 bridgehead atoms. The SMILES string of the molecule is NNc1cc(C=O)cc(CBr)c1. The molecule has 0 aliphatic rings. The highest BCUT2D eigenvalue weighted by molar-refractivity contribution is 9.08. The third-order valence-corrected chi connectivity index (χ3v) is 2.12. The van der Waals surface area contributed by atoms with Crippen molar-refractivity contribution in [2.75, 3.05) is 5.43 Å². The molecule has 1 aromatic rings. The van der Waals surface area contributed by atoms with Crippen LogP contribution in [0.25, 0.3) is 0 Å². The number of nitrogens with one attached hydrogen (secondary N) is 1. The summed E-state index contributed by atoms with van der Waals surface area (Å²) < 4.78 is 0. The van der Waals surface area contributed by atoms with Gasteiger partial charge in [0.2, 0.25) is 0 Å². The number of hydrazine groups is 1. The van der Waals surface area contributed by atoms with Crippen LogP contribution in [0, 0.1) is 0 Å². The van der Waals surface area contributed by atoms with Gasteiger partial charge in [-0.3, -0.25) is 10.6 Å². The molecule has 0 atom stereocenters. The highest BCUT2D eigenvalue weighted by Gasteiger charge is 1.97. The molecule has 4 heteroatoms. The van der Waals surface area contributed by atoms with Crippen molar-refractivity contribution in [1.29, 1.82) is 0 Å².